The highest BCUT2D eigenvalue weighted by Crippen LogP contribution is 2.28. The van der Waals surface area contributed by atoms with Crippen molar-refractivity contribution in [3.8, 4) is 0 Å². The lowest BCUT2D eigenvalue weighted by atomic mass is 9.87. The van der Waals surface area contributed by atoms with Gasteiger partial charge in [0.25, 0.3) is 0 Å². The molecule has 0 aromatic heterocycles. The molecule has 1 fully saturated rings. The molecule has 102 valence electrons. The largest absolute Gasteiger partial charge is 0.389 e. The summed E-state index contributed by atoms with van der Waals surface area (Å²) in [5.74, 6) is 0. The minimum absolute atomic E-state index is 0.0385. The van der Waals surface area contributed by atoms with Gasteiger partial charge in [-0.3, -0.25) is 0 Å². The Kier molecular flexibility index (Phi) is 4.99. The van der Waals surface area contributed by atoms with Crippen LogP contribution < -0.4 is 5.32 Å². The topological polar surface area (TPSA) is 41.5 Å². The molecule has 1 aliphatic carbocycles. The van der Waals surface area contributed by atoms with Crippen molar-refractivity contribution in [3.05, 3.63) is 0 Å². The summed E-state index contributed by atoms with van der Waals surface area (Å²) in [4.78, 5) is 0. The molecule has 3 nitrogen and oxygen atoms in total. The molecule has 0 spiro atoms. The van der Waals surface area contributed by atoms with Crippen LogP contribution >= 0.6 is 0 Å². The summed E-state index contributed by atoms with van der Waals surface area (Å²) >= 11 is 0. The number of ether oxygens (including phenoxy) is 1. The second-order valence-electron chi connectivity index (χ2n) is 6.33. The van der Waals surface area contributed by atoms with E-state index in [1.54, 1.807) is 0 Å². The normalized spacial score (nSPS) is 25.8. The van der Waals surface area contributed by atoms with E-state index in [1.165, 1.54) is 0 Å². The summed E-state index contributed by atoms with van der Waals surface area (Å²) in [6.07, 6.45) is 4.15. The van der Waals surface area contributed by atoms with Gasteiger partial charge < -0.3 is 15.2 Å². The summed E-state index contributed by atoms with van der Waals surface area (Å²) in [6, 6.07) is 0.520. The highest BCUT2D eigenvalue weighted by Gasteiger charge is 2.34. The van der Waals surface area contributed by atoms with Gasteiger partial charge in [-0.25, -0.2) is 0 Å². The molecule has 1 saturated carbocycles. The van der Waals surface area contributed by atoms with E-state index in [0.717, 1.165) is 25.7 Å². The maximum absolute atomic E-state index is 10.2. The number of hydrogen-bond acceptors (Lipinski definition) is 3. The third-order valence-electron chi connectivity index (χ3n) is 3.65. The van der Waals surface area contributed by atoms with Gasteiger partial charge in [0.15, 0.2) is 0 Å². The van der Waals surface area contributed by atoms with E-state index < -0.39 is 5.60 Å². The molecule has 2 N–H and O–H groups in total. The van der Waals surface area contributed by atoms with Crippen molar-refractivity contribution in [3.63, 3.8) is 0 Å². The highest BCUT2D eigenvalue weighted by molar-refractivity contribution is 4.90. The molecule has 0 unspecified atom stereocenters. The maximum atomic E-state index is 10.2. The van der Waals surface area contributed by atoms with Gasteiger partial charge in [-0.15, -0.1) is 0 Å². The van der Waals surface area contributed by atoms with Gasteiger partial charge in [-0.1, -0.05) is 13.8 Å². The summed E-state index contributed by atoms with van der Waals surface area (Å²) in [5, 5.41) is 13.6. The molecule has 0 saturated heterocycles. The summed E-state index contributed by atoms with van der Waals surface area (Å²) < 4.78 is 5.89. The maximum Gasteiger partial charge on any atom is 0.0766 e. The third-order valence-corrected chi connectivity index (χ3v) is 3.65. The van der Waals surface area contributed by atoms with Gasteiger partial charge in [-0.05, 0) is 46.5 Å². The van der Waals surface area contributed by atoms with E-state index in [2.05, 4.69) is 26.1 Å². The molecular weight excluding hydrogens is 214 g/mol. The van der Waals surface area contributed by atoms with Crippen molar-refractivity contribution in [2.24, 2.45) is 0 Å². The van der Waals surface area contributed by atoms with E-state index in [9.17, 15) is 5.11 Å². The van der Waals surface area contributed by atoms with E-state index in [4.69, 9.17) is 4.74 Å². The number of aliphatic hydroxyl groups is 1. The van der Waals surface area contributed by atoms with Gasteiger partial charge >= 0.3 is 0 Å². The van der Waals surface area contributed by atoms with Crippen LogP contribution in [0.2, 0.25) is 0 Å². The minimum Gasteiger partial charge on any atom is -0.389 e. The van der Waals surface area contributed by atoms with Crippen LogP contribution in [0.1, 0.15) is 60.3 Å². The smallest absolute Gasteiger partial charge is 0.0766 e. The van der Waals surface area contributed by atoms with E-state index >= 15 is 0 Å². The van der Waals surface area contributed by atoms with Crippen LogP contribution in [0.4, 0.5) is 0 Å². The van der Waals surface area contributed by atoms with Crippen molar-refractivity contribution < 1.29 is 9.84 Å². The fraction of sp³-hybridized carbons (Fsp3) is 1.00. The lowest BCUT2D eigenvalue weighted by Crippen LogP contribution is -2.52. The average molecular weight is 243 g/mol. The molecule has 0 aliphatic heterocycles. The first-order valence-corrected chi connectivity index (χ1v) is 6.91. The van der Waals surface area contributed by atoms with Crippen molar-refractivity contribution in [1.29, 1.82) is 0 Å². The number of rotatable bonds is 6. The Hall–Kier alpha value is -0.120. The predicted octanol–water partition coefficient (Wildman–Crippen LogP) is 2.47. The van der Waals surface area contributed by atoms with Gasteiger partial charge in [0.05, 0.1) is 17.3 Å². The van der Waals surface area contributed by atoms with Crippen LogP contribution in [-0.4, -0.2) is 35.0 Å². The van der Waals surface area contributed by atoms with Gasteiger partial charge in [0, 0.05) is 12.6 Å². The van der Waals surface area contributed by atoms with Crippen LogP contribution in [0.15, 0.2) is 0 Å². The number of nitrogens with one attached hydrogen (secondary N) is 1. The summed E-state index contributed by atoms with van der Waals surface area (Å²) in [6.45, 7) is 11.1. The molecule has 0 amide bonds. The Morgan fingerprint density at radius 1 is 1.18 bits per heavy atom. The first-order chi connectivity index (χ1) is 7.78. The van der Waals surface area contributed by atoms with E-state index in [-0.39, 0.29) is 5.60 Å². The Labute approximate surface area is 106 Å². The van der Waals surface area contributed by atoms with Crippen LogP contribution in [-0.2, 0) is 4.74 Å². The molecule has 0 aromatic carbocycles. The van der Waals surface area contributed by atoms with Crippen molar-refractivity contribution in [2.75, 3.05) is 6.54 Å². The Bertz CT molecular complexity index is 225. The summed E-state index contributed by atoms with van der Waals surface area (Å²) in [5.41, 5.74) is -0.570. The summed E-state index contributed by atoms with van der Waals surface area (Å²) in [7, 11) is 0. The van der Waals surface area contributed by atoms with Crippen molar-refractivity contribution >= 4 is 0 Å². The first kappa shape index (κ1) is 14.9. The monoisotopic (exact) mass is 243 g/mol. The van der Waals surface area contributed by atoms with Crippen molar-refractivity contribution in [2.45, 2.75) is 83.6 Å². The third kappa shape index (κ3) is 4.94. The van der Waals surface area contributed by atoms with Crippen LogP contribution in [0.25, 0.3) is 0 Å². The van der Waals surface area contributed by atoms with Crippen LogP contribution in [0, 0.1) is 0 Å². The SMILES string of the molecule is CCC(O)(CC)CNC1CC(OC(C)(C)C)C1. The predicted molar refractivity (Wildman–Crippen MR) is 71.2 cm³/mol. The van der Waals surface area contributed by atoms with Crippen LogP contribution in [0.3, 0.4) is 0 Å². The Morgan fingerprint density at radius 2 is 1.71 bits per heavy atom. The second kappa shape index (κ2) is 5.68. The molecule has 0 aromatic rings. The van der Waals surface area contributed by atoms with E-state index in [1.807, 2.05) is 13.8 Å². The molecule has 17 heavy (non-hydrogen) atoms. The molecule has 3 heteroatoms. The second-order valence-corrected chi connectivity index (χ2v) is 6.33. The molecule has 1 rings (SSSR count). The standard InChI is InChI=1S/C14H29NO2/c1-6-14(16,7-2)10-15-11-8-12(9-11)17-13(3,4)5/h11-12,15-16H,6-10H2,1-5H3. The minimum atomic E-state index is -0.532. The molecule has 0 bridgehead atoms. The van der Waals surface area contributed by atoms with Crippen LogP contribution in [0.5, 0.6) is 0 Å². The Morgan fingerprint density at radius 3 is 2.12 bits per heavy atom. The number of hydrogen-bond donors (Lipinski definition) is 2. The van der Waals surface area contributed by atoms with E-state index in [0.29, 0.717) is 18.7 Å². The fourth-order valence-electron chi connectivity index (χ4n) is 2.16. The Balaban J connectivity index is 2.18. The molecule has 0 heterocycles. The molecule has 0 radical (unpaired) electrons. The zero-order valence-corrected chi connectivity index (χ0v) is 12.0. The quantitative estimate of drug-likeness (QED) is 0.753. The van der Waals surface area contributed by atoms with Gasteiger partial charge in [0.1, 0.15) is 0 Å². The zero-order chi connectivity index (χ0) is 13.1. The average Bonchev–Trinajstić information content (AvgIpc) is 2.19. The molecular formula is C14H29NO2. The fourth-order valence-corrected chi connectivity index (χ4v) is 2.16. The lowest BCUT2D eigenvalue weighted by Gasteiger charge is -2.41. The van der Waals surface area contributed by atoms with Gasteiger partial charge in [0.2, 0.25) is 0 Å². The molecule has 0 atom stereocenters. The van der Waals surface area contributed by atoms with Gasteiger partial charge in [-0.2, -0.15) is 0 Å². The highest BCUT2D eigenvalue weighted by atomic mass is 16.5. The first-order valence-electron chi connectivity index (χ1n) is 6.91. The lowest BCUT2D eigenvalue weighted by molar-refractivity contribution is -0.104. The van der Waals surface area contributed by atoms with Crippen molar-refractivity contribution in [1.82, 2.24) is 5.32 Å². The molecule has 1 aliphatic rings. The zero-order valence-electron chi connectivity index (χ0n) is 12.0.